The molecule has 2 amide bonds. The van der Waals surface area contributed by atoms with Gasteiger partial charge in [0, 0.05) is 24.7 Å². The zero-order chi connectivity index (χ0) is 20.1. The molecule has 1 atom stereocenters. The van der Waals surface area contributed by atoms with Crippen LogP contribution in [0.25, 0.3) is 0 Å². The second kappa shape index (κ2) is 9.07. The third-order valence-corrected chi connectivity index (χ3v) is 5.71. The Morgan fingerprint density at radius 1 is 1.17 bits per heavy atom. The number of carbonyl (C=O) groups is 2. The second-order valence-corrected chi connectivity index (χ2v) is 7.66. The van der Waals surface area contributed by atoms with Gasteiger partial charge in [-0.05, 0) is 37.8 Å². The van der Waals surface area contributed by atoms with Crippen molar-refractivity contribution in [2.24, 2.45) is 5.92 Å². The van der Waals surface area contributed by atoms with E-state index in [9.17, 15) is 9.59 Å². The molecule has 0 aromatic carbocycles. The number of amides is 2. The summed E-state index contributed by atoms with van der Waals surface area (Å²) in [5.74, 6) is 0.714. The average molecular weight is 398 g/mol. The number of hydrogen-bond acceptors (Lipinski definition) is 6. The molecule has 2 aromatic rings. The van der Waals surface area contributed by atoms with Gasteiger partial charge in [0.25, 0.3) is 5.91 Å². The summed E-state index contributed by atoms with van der Waals surface area (Å²) in [6, 6.07) is 5.03. The maximum absolute atomic E-state index is 13.0. The maximum atomic E-state index is 13.0. The number of nitrogens with one attached hydrogen (secondary N) is 1. The first-order valence-electron chi connectivity index (χ1n) is 10.3. The summed E-state index contributed by atoms with van der Waals surface area (Å²) in [7, 11) is 0. The van der Waals surface area contributed by atoms with Gasteiger partial charge in [-0.1, -0.05) is 24.4 Å². The van der Waals surface area contributed by atoms with Gasteiger partial charge in [-0.2, -0.15) is 0 Å². The first-order chi connectivity index (χ1) is 14.2. The Morgan fingerprint density at radius 2 is 2.03 bits per heavy atom. The molecule has 1 aliphatic carbocycles. The van der Waals surface area contributed by atoms with Gasteiger partial charge in [-0.25, -0.2) is 4.98 Å². The van der Waals surface area contributed by atoms with Gasteiger partial charge >= 0.3 is 0 Å². The van der Waals surface area contributed by atoms with E-state index in [1.54, 1.807) is 24.4 Å². The van der Waals surface area contributed by atoms with E-state index in [4.69, 9.17) is 9.26 Å². The van der Waals surface area contributed by atoms with Gasteiger partial charge < -0.3 is 19.5 Å². The smallest absolute Gasteiger partial charge is 0.279 e. The third-order valence-electron chi connectivity index (χ3n) is 5.71. The number of carbonyl (C=O) groups excluding carboxylic acids is 2. The van der Waals surface area contributed by atoms with Crippen LogP contribution in [0.3, 0.4) is 0 Å². The number of ether oxygens (including phenoxy) is 1. The van der Waals surface area contributed by atoms with Crippen molar-refractivity contribution in [3.63, 3.8) is 0 Å². The minimum atomic E-state index is -0.420. The molecule has 8 heteroatoms. The average Bonchev–Trinajstić information content (AvgIpc) is 3.44. The highest BCUT2D eigenvalue weighted by molar-refractivity contribution is 6.04. The third kappa shape index (κ3) is 4.58. The zero-order valence-electron chi connectivity index (χ0n) is 16.4. The molecular weight excluding hydrogens is 372 g/mol. The Hall–Kier alpha value is -2.90. The number of pyridine rings is 1. The minimum Gasteiger partial charge on any atom is -0.489 e. The Labute approximate surface area is 169 Å². The lowest BCUT2D eigenvalue weighted by Gasteiger charge is -2.30. The minimum absolute atomic E-state index is 0.0380. The van der Waals surface area contributed by atoms with E-state index in [0.717, 1.165) is 45.1 Å². The summed E-state index contributed by atoms with van der Waals surface area (Å²) < 4.78 is 10.7. The van der Waals surface area contributed by atoms with Crippen LogP contribution in [0.4, 0.5) is 5.82 Å². The highest BCUT2D eigenvalue weighted by atomic mass is 16.5. The largest absolute Gasteiger partial charge is 0.489 e. The molecule has 2 aliphatic rings. The summed E-state index contributed by atoms with van der Waals surface area (Å²) in [6.07, 6.45) is 10.3. The van der Waals surface area contributed by atoms with Crippen molar-refractivity contribution >= 4 is 17.6 Å². The lowest BCUT2D eigenvalue weighted by molar-refractivity contribution is -0.137. The van der Waals surface area contributed by atoms with Gasteiger partial charge in [0.15, 0.2) is 17.3 Å². The van der Waals surface area contributed by atoms with Crippen LogP contribution in [0.5, 0.6) is 5.75 Å². The predicted molar refractivity (Wildman–Crippen MR) is 105 cm³/mol. The SMILES string of the molecule is O=C(Nc1ccon1)c1ncccc1OC[C@H]1CCCN1C(=O)C1CCCCC1. The molecule has 8 nitrogen and oxygen atoms in total. The number of rotatable bonds is 6. The molecule has 4 rings (SSSR count). The molecule has 0 bridgehead atoms. The first-order valence-corrected chi connectivity index (χ1v) is 10.3. The normalized spacial score (nSPS) is 19.9. The maximum Gasteiger partial charge on any atom is 0.279 e. The van der Waals surface area contributed by atoms with E-state index in [-0.39, 0.29) is 23.6 Å². The number of anilines is 1. The zero-order valence-corrected chi connectivity index (χ0v) is 16.4. The molecule has 1 aliphatic heterocycles. The van der Waals surface area contributed by atoms with E-state index >= 15 is 0 Å². The molecule has 154 valence electrons. The molecule has 0 spiro atoms. The quantitative estimate of drug-likeness (QED) is 0.802. The van der Waals surface area contributed by atoms with Crippen LogP contribution in [0.1, 0.15) is 55.4 Å². The predicted octanol–water partition coefficient (Wildman–Crippen LogP) is 3.27. The lowest BCUT2D eigenvalue weighted by Crippen LogP contribution is -2.42. The molecule has 29 heavy (non-hydrogen) atoms. The highest BCUT2D eigenvalue weighted by Gasteiger charge is 2.34. The molecule has 1 saturated carbocycles. The van der Waals surface area contributed by atoms with Crippen molar-refractivity contribution in [1.82, 2.24) is 15.0 Å². The lowest BCUT2D eigenvalue weighted by atomic mass is 9.88. The van der Waals surface area contributed by atoms with Crippen molar-refractivity contribution in [1.29, 1.82) is 0 Å². The van der Waals surface area contributed by atoms with Crippen LogP contribution in [-0.2, 0) is 4.79 Å². The van der Waals surface area contributed by atoms with Crippen LogP contribution in [-0.4, -0.2) is 46.0 Å². The molecule has 2 fully saturated rings. The Bertz CT molecular complexity index is 833. The molecule has 3 heterocycles. The first kappa shape index (κ1) is 19.4. The molecule has 2 aromatic heterocycles. The highest BCUT2D eigenvalue weighted by Crippen LogP contribution is 2.29. The number of nitrogens with zero attached hydrogens (tertiary/aromatic N) is 3. The Morgan fingerprint density at radius 3 is 2.83 bits per heavy atom. The molecule has 0 radical (unpaired) electrons. The van der Waals surface area contributed by atoms with E-state index in [0.29, 0.717) is 18.2 Å². The molecule has 1 N–H and O–H groups in total. The fraction of sp³-hybridized carbons (Fsp3) is 0.524. The van der Waals surface area contributed by atoms with Gasteiger partial charge in [0.1, 0.15) is 12.9 Å². The number of hydrogen-bond donors (Lipinski definition) is 1. The van der Waals surface area contributed by atoms with Crippen molar-refractivity contribution in [3.8, 4) is 5.75 Å². The Balaban J connectivity index is 1.39. The molecular formula is C21H26N4O4. The molecule has 1 saturated heterocycles. The van der Waals surface area contributed by atoms with Crippen LogP contribution in [0.2, 0.25) is 0 Å². The van der Waals surface area contributed by atoms with E-state index < -0.39 is 5.91 Å². The summed E-state index contributed by atoms with van der Waals surface area (Å²) in [5.41, 5.74) is 0.179. The van der Waals surface area contributed by atoms with Gasteiger partial charge in [-0.3, -0.25) is 9.59 Å². The monoisotopic (exact) mass is 398 g/mol. The number of likely N-dealkylation sites (tertiary alicyclic amines) is 1. The van der Waals surface area contributed by atoms with Crippen LogP contribution in [0.15, 0.2) is 35.2 Å². The topological polar surface area (TPSA) is 97.6 Å². The van der Waals surface area contributed by atoms with E-state index in [1.165, 1.54) is 12.7 Å². The van der Waals surface area contributed by atoms with Crippen molar-refractivity contribution < 1.29 is 18.8 Å². The summed E-state index contributed by atoms with van der Waals surface area (Å²) >= 11 is 0. The fourth-order valence-electron chi connectivity index (χ4n) is 4.20. The van der Waals surface area contributed by atoms with Gasteiger partial charge in [0.05, 0.1) is 6.04 Å². The van der Waals surface area contributed by atoms with Crippen LogP contribution >= 0.6 is 0 Å². The Kier molecular flexibility index (Phi) is 6.07. The van der Waals surface area contributed by atoms with Crippen molar-refractivity contribution in [3.05, 3.63) is 36.4 Å². The van der Waals surface area contributed by atoms with Gasteiger partial charge in [-0.15, -0.1) is 0 Å². The summed E-state index contributed by atoms with van der Waals surface area (Å²) in [4.78, 5) is 31.6. The summed E-state index contributed by atoms with van der Waals surface area (Å²) in [6.45, 7) is 1.14. The van der Waals surface area contributed by atoms with E-state index in [1.807, 2.05) is 4.90 Å². The van der Waals surface area contributed by atoms with Crippen molar-refractivity contribution in [2.45, 2.75) is 51.0 Å². The number of aromatic nitrogens is 2. The summed E-state index contributed by atoms with van der Waals surface area (Å²) in [5, 5.41) is 6.30. The standard InChI is InChI=1S/C21H26N4O4/c26-20(23-18-10-13-29-24-18)19-17(9-4-11-22-19)28-14-16-8-5-12-25(16)21(27)15-6-2-1-3-7-15/h4,9-11,13,15-16H,1-3,5-8,12,14H2,(H,23,24,26)/t16-/m1/s1. The van der Waals surface area contributed by atoms with E-state index in [2.05, 4.69) is 15.5 Å². The second-order valence-electron chi connectivity index (χ2n) is 7.66. The molecule has 0 unspecified atom stereocenters. The fourth-order valence-corrected chi connectivity index (χ4v) is 4.20. The van der Waals surface area contributed by atoms with Crippen molar-refractivity contribution in [2.75, 3.05) is 18.5 Å². The van der Waals surface area contributed by atoms with Crippen LogP contribution in [0, 0.1) is 5.92 Å². The van der Waals surface area contributed by atoms with Crippen LogP contribution < -0.4 is 10.1 Å². The van der Waals surface area contributed by atoms with Gasteiger partial charge in [0.2, 0.25) is 5.91 Å².